The highest BCUT2D eigenvalue weighted by molar-refractivity contribution is 5.97. The molecule has 1 aromatic heterocycles. The second-order valence-corrected chi connectivity index (χ2v) is 4.96. The molecule has 4 nitrogen and oxygen atoms in total. The van der Waals surface area contributed by atoms with Crippen LogP contribution >= 0.6 is 0 Å². The van der Waals surface area contributed by atoms with E-state index in [4.69, 9.17) is 0 Å². The normalized spacial score (nSPS) is 11.2. The van der Waals surface area contributed by atoms with Gasteiger partial charge in [-0.1, -0.05) is 32.0 Å². The van der Waals surface area contributed by atoms with E-state index in [-0.39, 0.29) is 5.91 Å². The number of aromatic amines is 1. The van der Waals surface area contributed by atoms with Gasteiger partial charge in [-0.3, -0.25) is 4.79 Å². The Morgan fingerprint density at radius 2 is 2.05 bits per heavy atom. The van der Waals surface area contributed by atoms with Gasteiger partial charge in [-0.05, 0) is 31.6 Å². The molecule has 4 heteroatoms. The first kappa shape index (κ1) is 14.6. The van der Waals surface area contributed by atoms with Gasteiger partial charge in [0.25, 0.3) is 5.91 Å². The lowest BCUT2D eigenvalue weighted by atomic mass is 10.2. The molecule has 2 rings (SSSR count). The van der Waals surface area contributed by atoms with Crippen molar-refractivity contribution in [1.29, 1.82) is 0 Å². The number of hydrogen-bond donors (Lipinski definition) is 2. The van der Waals surface area contributed by atoms with Gasteiger partial charge < -0.3 is 15.2 Å². The van der Waals surface area contributed by atoms with Gasteiger partial charge in [0.05, 0.1) is 0 Å². The number of hydrogen-bond acceptors (Lipinski definition) is 2. The van der Waals surface area contributed by atoms with Crippen molar-refractivity contribution in [2.75, 3.05) is 26.2 Å². The Kier molecular flexibility index (Phi) is 5.18. The summed E-state index contributed by atoms with van der Waals surface area (Å²) < 4.78 is 0. The van der Waals surface area contributed by atoms with Crippen LogP contribution in [0.3, 0.4) is 0 Å². The highest BCUT2D eigenvalue weighted by atomic mass is 16.1. The summed E-state index contributed by atoms with van der Waals surface area (Å²) in [5.74, 6) is -0.0336. The number of para-hydroxylation sites is 1. The Bertz CT molecular complexity index is 529. The van der Waals surface area contributed by atoms with Crippen LogP contribution in [-0.4, -0.2) is 42.0 Å². The van der Waals surface area contributed by atoms with Crippen molar-refractivity contribution in [3.8, 4) is 0 Å². The molecule has 0 atom stereocenters. The van der Waals surface area contributed by atoms with Crippen LogP contribution in [0.15, 0.2) is 30.3 Å². The Morgan fingerprint density at radius 3 is 2.75 bits per heavy atom. The second kappa shape index (κ2) is 7.10. The average Bonchev–Trinajstić information content (AvgIpc) is 2.90. The lowest BCUT2D eigenvalue weighted by molar-refractivity contribution is 0.0944. The molecule has 0 radical (unpaired) electrons. The summed E-state index contributed by atoms with van der Waals surface area (Å²) in [6, 6.07) is 9.81. The van der Waals surface area contributed by atoms with Gasteiger partial charge >= 0.3 is 0 Å². The van der Waals surface area contributed by atoms with Gasteiger partial charge in [0.1, 0.15) is 5.69 Å². The number of fused-ring (bicyclic) bond motifs is 1. The maximum Gasteiger partial charge on any atom is 0.267 e. The first-order chi connectivity index (χ1) is 9.74. The first-order valence-corrected chi connectivity index (χ1v) is 7.33. The van der Waals surface area contributed by atoms with E-state index in [2.05, 4.69) is 29.0 Å². The first-order valence-electron chi connectivity index (χ1n) is 7.33. The minimum Gasteiger partial charge on any atom is -0.351 e. The van der Waals surface area contributed by atoms with E-state index >= 15 is 0 Å². The lowest BCUT2D eigenvalue weighted by Gasteiger charge is -2.19. The van der Waals surface area contributed by atoms with Crippen molar-refractivity contribution in [2.45, 2.75) is 20.3 Å². The van der Waals surface area contributed by atoms with Gasteiger partial charge in [-0.15, -0.1) is 0 Å². The fourth-order valence-electron chi connectivity index (χ4n) is 2.36. The molecule has 20 heavy (non-hydrogen) atoms. The van der Waals surface area contributed by atoms with Crippen LogP contribution in [0.5, 0.6) is 0 Å². The number of amides is 1. The smallest absolute Gasteiger partial charge is 0.267 e. The third-order valence-corrected chi connectivity index (χ3v) is 3.48. The molecule has 0 aliphatic heterocycles. The predicted octanol–water partition coefficient (Wildman–Crippen LogP) is 2.63. The number of carbonyl (C=O) groups excluding carboxylic acids is 1. The van der Waals surface area contributed by atoms with Gasteiger partial charge in [0.2, 0.25) is 0 Å². The standard InChI is InChI=1S/C16H23N3O/c1-3-10-19(4-2)11-9-17-16(20)15-12-13-7-5-6-8-14(13)18-15/h5-8,12,18H,3-4,9-11H2,1-2H3,(H,17,20). The maximum atomic E-state index is 12.1. The number of H-pyrrole nitrogens is 1. The van der Waals surface area contributed by atoms with Crippen LogP contribution in [-0.2, 0) is 0 Å². The van der Waals surface area contributed by atoms with Gasteiger partial charge in [-0.2, -0.15) is 0 Å². The Labute approximate surface area is 120 Å². The molecule has 1 aromatic carbocycles. The van der Waals surface area contributed by atoms with Crippen LogP contribution in [0.4, 0.5) is 0 Å². The van der Waals surface area contributed by atoms with E-state index in [9.17, 15) is 4.79 Å². The third-order valence-electron chi connectivity index (χ3n) is 3.48. The van der Waals surface area contributed by atoms with Crippen molar-refractivity contribution in [1.82, 2.24) is 15.2 Å². The molecule has 2 aromatic rings. The molecule has 1 heterocycles. The van der Waals surface area contributed by atoms with E-state index in [1.165, 1.54) is 0 Å². The minimum absolute atomic E-state index is 0.0336. The monoisotopic (exact) mass is 273 g/mol. The molecule has 0 saturated heterocycles. The molecule has 0 aliphatic carbocycles. The Morgan fingerprint density at radius 1 is 1.25 bits per heavy atom. The van der Waals surface area contributed by atoms with Gasteiger partial charge in [0, 0.05) is 24.0 Å². The zero-order valence-electron chi connectivity index (χ0n) is 12.3. The van der Waals surface area contributed by atoms with E-state index in [1.54, 1.807) is 0 Å². The number of carbonyl (C=O) groups is 1. The fraction of sp³-hybridized carbons (Fsp3) is 0.438. The van der Waals surface area contributed by atoms with Gasteiger partial charge in [0.15, 0.2) is 0 Å². The Balaban J connectivity index is 1.88. The van der Waals surface area contributed by atoms with Crippen LogP contribution in [0.1, 0.15) is 30.8 Å². The second-order valence-electron chi connectivity index (χ2n) is 4.96. The zero-order chi connectivity index (χ0) is 14.4. The number of nitrogens with one attached hydrogen (secondary N) is 2. The van der Waals surface area contributed by atoms with Crippen molar-refractivity contribution in [3.05, 3.63) is 36.0 Å². The van der Waals surface area contributed by atoms with Crippen LogP contribution < -0.4 is 5.32 Å². The van der Waals surface area contributed by atoms with Crippen LogP contribution in [0.2, 0.25) is 0 Å². The average molecular weight is 273 g/mol. The number of benzene rings is 1. The summed E-state index contributed by atoms with van der Waals surface area (Å²) in [6.07, 6.45) is 1.14. The summed E-state index contributed by atoms with van der Waals surface area (Å²) >= 11 is 0. The number of rotatable bonds is 7. The van der Waals surface area contributed by atoms with Crippen molar-refractivity contribution in [2.24, 2.45) is 0 Å². The van der Waals surface area contributed by atoms with E-state index < -0.39 is 0 Å². The quantitative estimate of drug-likeness (QED) is 0.814. The molecule has 1 amide bonds. The van der Waals surface area contributed by atoms with E-state index in [0.717, 1.165) is 37.0 Å². The lowest BCUT2D eigenvalue weighted by Crippen LogP contribution is -2.35. The molecule has 108 valence electrons. The van der Waals surface area contributed by atoms with Gasteiger partial charge in [-0.25, -0.2) is 0 Å². The molecule has 0 fully saturated rings. The minimum atomic E-state index is -0.0336. The molecular weight excluding hydrogens is 250 g/mol. The summed E-state index contributed by atoms with van der Waals surface area (Å²) in [5, 5.41) is 4.04. The molecule has 0 saturated carbocycles. The number of likely N-dealkylation sites (N-methyl/N-ethyl adjacent to an activating group) is 1. The van der Waals surface area contributed by atoms with Crippen molar-refractivity contribution >= 4 is 16.8 Å². The number of aromatic nitrogens is 1. The SMILES string of the molecule is CCCN(CC)CCNC(=O)c1cc2ccccc2[nH]1. The van der Waals surface area contributed by atoms with E-state index in [0.29, 0.717) is 12.2 Å². The predicted molar refractivity (Wildman–Crippen MR) is 83.0 cm³/mol. The van der Waals surface area contributed by atoms with Crippen LogP contribution in [0.25, 0.3) is 10.9 Å². The van der Waals surface area contributed by atoms with Crippen LogP contribution in [0, 0.1) is 0 Å². The number of nitrogens with zero attached hydrogens (tertiary/aromatic N) is 1. The third kappa shape index (κ3) is 3.61. The largest absolute Gasteiger partial charge is 0.351 e. The Hall–Kier alpha value is -1.81. The molecule has 0 unspecified atom stereocenters. The highest BCUT2D eigenvalue weighted by Gasteiger charge is 2.09. The summed E-state index contributed by atoms with van der Waals surface area (Å²) in [6.45, 7) is 8.01. The van der Waals surface area contributed by atoms with Crippen molar-refractivity contribution in [3.63, 3.8) is 0 Å². The van der Waals surface area contributed by atoms with Crippen molar-refractivity contribution < 1.29 is 4.79 Å². The summed E-state index contributed by atoms with van der Waals surface area (Å²) in [5.41, 5.74) is 1.63. The topological polar surface area (TPSA) is 48.1 Å². The molecular formula is C16H23N3O. The molecule has 0 aliphatic rings. The zero-order valence-corrected chi connectivity index (χ0v) is 12.3. The molecule has 0 spiro atoms. The van der Waals surface area contributed by atoms with E-state index in [1.807, 2.05) is 30.3 Å². The summed E-state index contributed by atoms with van der Waals surface area (Å²) in [7, 11) is 0. The fourth-order valence-corrected chi connectivity index (χ4v) is 2.36. The highest BCUT2D eigenvalue weighted by Crippen LogP contribution is 2.14. The maximum absolute atomic E-state index is 12.1. The molecule has 0 bridgehead atoms. The molecule has 2 N–H and O–H groups in total. The summed E-state index contributed by atoms with van der Waals surface area (Å²) in [4.78, 5) is 17.6.